The second kappa shape index (κ2) is 10.6. The Morgan fingerprint density at radius 2 is 1.76 bits per heavy atom. The largest absolute Gasteiger partial charge is 0.497 e. The van der Waals surface area contributed by atoms with Gasteiger partial charge in [-0.15, -0.1) is 0 Å². The number of amides is 2. The van der Waals surface area contributed by atoms with Gasteiger partial charge in [0.05, 0.1) is 38.0 Å². The number of anilines is 2. The van der Waals surface area contributed by atoms with E-state index in [-0.39, 0.29) is 30.9 Å². The SMILES string of the molecule is COc1ccc2c(c1)[C@]1(O[C@@H](CC(=O)N3Cc4ccccc4C[C@H]3CO)[C@H]([Si](C)(C)O)[C@H]1C)C(=O)N2c1ccccc1. The van der Waals surface area contributed by atoms with Crippen LogP contribution in [0.1, 0.15) is 30.0 Å². The molecule has 0 aliphatic carbocycles. The van der Waals surface area contributed by atoms with Crippen LogP contribution in [0.15, 0.2) is 72.8 Å². The number of nitrogens with zero attached hydrogens (tertiary/aromatic N) is 2. The monoisotopic (exact) mass is 586 g/mol. The first kappa shape index (κ1) is 28.6. The maximum Gasteiger partial charge on any atom is 0.268 e. The van der Waals surface area contributed by atoms with Crippen molar-refractivity contribution in [1.82, 2.24) is 4.90 Å². The second-order valence-corrected chi connectivity index (χ2v) is 16.2. The average molecular weight is 587 g/mol. The van der Waals surface area contributed by atoms with Gasteiger partial charge < -0.3 is 24.3 Å². The Morgan fingerprint density at radius 1 is 1.07 bits per heavy atom. The summed E-state index contributed by atoms with van der Waals surface area (Å²) >= 11 is 0. The summed E-state index contributed by atoms with van der Waals surface area (Å²) in [5, 5.41) is 10.2. The van der Waals surface area contributed by atoms with Crippen LogP contribution in [-0.2, 0) is 32.9 Å². The predicted octanol–water partition coefficient (Wildman–Crippen LogP) is 4.51. The zero-order valence-electron chi connectivity index (χ0n) is 24.5. The first-order valence-corrected chi connectivity index (χ1v) is 17.6. The quantitative estimate of drug-likeness (QED) is 0.413. The van der Waals surface area contributed by atoms with Crippen molar-refractivity contribution in [3.8, 4) is 5.75 Å². The minimum atomic E-state index is -2.96. The van der Waals surface area contributed by atoms with Gasteiger partial charge in [0.25, 0.3) is 5.91 Å². The number of hydrogen-bond donors (Lipinski definition) is 2. The van der Waals surface area contributed by atoms with Crippen LogP contribution in [0.3, 0.4) is 0 Å². The van der Waals surface area contributed by atoms with Crippen molar-refractivity contribution in [3.63, 3.8) is 0 Å². The molecule has 0 saturated carbocycles. The second-order valence-electron chi connectivity index (χ2n) is 12.3. The van der Waals surface area contributed by atoms with Crippen LogP contribution in [0.2, 0.25) is 18.6 Å². The molecule has 42 heavy (non-hydrogen) atoms. The molecule has 8 nitrogen and oxygen atoms in total. The highest BCUT2D eigenvalue weighted by atomic mass is 28.4. The summed E-state index contributed by atoms with van der Waals surface area (Å²) in [5.74, 6) is -0.203. The molecule has 2 N–H and O–H groups in total. The molecule has 6 rings (SSSR count). The molecule has 9 heteroatoms. The number of carbonyl (C=O) groups is 2. The summed E-state index contributed by atoms with van der Waals surface area (Å²) in [6.45, 7) is 5.92. The molecule has 3 aliphatic heterocycles. The molecule has 1 fully saturated rings. The molecule has 3 aliphatic rings. The molecule has 5 atom stereocenters. The van der Waals surface area contributed by atoms with Gasteiger partial charge in [-0.05, 0) is 61.0 Å². The van der Waals surface area contributed by atoms with Crippen molar-refractivity contribution in [2.45, 2.75) is 62.7 Å². The summed E-state index contributed by atoms with van der Waals surface area (Å²) in [5.41, 5.74) is 2.51. The van der Waals surface area contributed by atoms with Crippen LogP contribution in [0, 0.1) is 5.92 Å². The molecule has 3 aromatic carbocycles. The third-order valence-electron chi connectivity index (χ3n) is 9.38. The van der Waals surface area contributed by atoms with E-state index in [0.29, 0.717) is 30.0 Å². The van der Waals surface area contributed by atoms with Crippen LogP contribution >= 0.6 is 0 Å². The fraction of sp³-hybridized carbons (Fsp3) is 0.394. The Labute approximate surface area is 247 Å². The molecule has 3 aromatic rings. The van der Waals surface area contributed by atoms with Crippen molar-refractivity contribution in [2.24, 2.45) is 5.92 Å². The van der Waals surface area contributed by atoms with Gasteiger partial charge in [-0.1, -0.05) is 49.4 Å². The van der Waals surface area contributed by atoms with Crippen molar-refractivity contribution >= 4 is 31.5 Å². The molecule has 0 unspecified atom stereocenters. The Bertz CT molecular complexity index is 1510. The van der Waals surface area contributed by atoms with Crippen LogP contribution in [0.4, 0.5) is 11.4 Å². The molecule has 3 heterocycles. The number of aliphatic hydroxyl groups excluding tert-OH is 1. The van der Waals surface area contributed by atoms with Crippen molar-refractivity contribution < 1.29 is 29.0 Å². The van der Waals surface area contributed by atoms with E-state index in [9.17, 15) is 19.5 Å². The summed E-state index contributed by atoms with van der Waals surface area (Å²) in [4.78, 5) is 43.6. The zero-order valence-corrected chi connectivity index (χ0v) is 25.5. The third kappa shape index (κ3) is 4.46. The number of fused-ring (bicyclic) bond motifs is 3. The molecule has 2 amide bonds. The van der Waals surface area contributed by atoms with Crippen LogP contribution in [-0.4, -0.2) is 60.8 Å². The smallest absolute Gasteiger partial charge is 0.268 e. The van der Waals surface area contributed by atoms with E-state index in [1.165, 1.54) is 0 Å². The molecular formula is C33H38N2O6Si. The molecule has 1 saturated heterocycles. The maximum atomic E-state index is 14.6. The number of rotatable bonds is 6. The Balaban J connectivity index is 1.40. The van der Waals surface area contributed by atoms with Gasteiger partial charge in [0, 0.05) is 29.3 Å². The van der Waals surface area contributed by atoms with Crippen molar-refractivity contribution in [1.29, 1.82) is 0 Å². The van der Waals surface area contributed by atoms with Gasteiger partial charge in [0.1, 0.15) is 5.75 Å². The van der Waals surface area contributed by atoms with Gasteiger partial charge in [-0.2, -0.15) is 0 Å². The summed E-state index contributed by atoms with van der Waals surface area (Å²) < 4.78 is 12.4. The highest BCUT2D eigenvalue weighted by molar-refractivity contribution is 6.71. The maximum absolute atomic E-state index is 14.6. The standard InChI is InChI=1S/C33H38N2O6Si/c1-21-31(42(3,4)39)29(18-30(37)34-19-23-11-9-8-10-22(23)16-25(34)20-36)41-33(21)27-17-26(40-2)14-15-28(27)35(32(33)38)24-12-6-5-7-13-24/h5-15,17,21,25,29,31,36,39H,16,18-20H2,1-4H3/t21-,25+,29+,31-,33+/m1/s1. The van der Waals surface area contributed by atoms with Crippen molar-refractivity contribution in [2.75, 3.05) is 18.6 Å². The number of hydrogen-bond acceptors (Lipinski definition) is 6. The highest BCUT2D eigenvalue weighted by Crippen LogP contribution is 2.61. The van der Waals surface area contributed by atoms with Gasteiger partial charge in [0.15, 0.2) is 13.9 Å². The zero-order chi connectivity index (χ0) is 29.8. The highest BCUT2D eigenvalue weighted by Gasteiger charge is 2.67. The summed E-state index contributed by atoms with van der Waals surface area (Å²) in [6.07, 6.45) is -0.106. The molecule has 0 radical (unpaired) electrons. The number of aliphatic hydroxyl groups is 1. The molecule has 0 bridgehead atoms. The molecular weight excluding hydrogens is 548 g/mol. The van der Waals surface area contributed by atoms with Gasteiger partial charge >= 0.3 is 0 Å². The van der Waals surface area contributed by atoms with E-state index in [4.69, 9.17) is 9.47 Å². The number of ether oxygens (including phenoxy) is 2. The lowest BCUT2D eigenvalue weighted by atomic mass is 9.82. The number of para-hydroxylation sites is 1. The number of methoxy groups -OCH3 is 1. The summed E-state index contributed by atoms with van der Waals surface area (Å²) in [6, 6.07) is 22.6. The Kier molecular flexibility index (Phi) is 7.25. The van der Waals surface area contributed by atoms with Crippen molar-refractivity contribution in [3.05, 3.63) is 89.5 Å². The van der Waals surface area contributed by atoms with E-state index in [2.05, 4.69) is 0 Å². The van der Waals surface area contributed by atoms with Crippen LogP contribution in [0.25, 0.3) is 0 Å². The van der Waals surface area contributed by atoms with E-state index < -0.39 is 31.5 Å². The van der Waals surface area contributed by atoms with E-state index in [0.717, 1.165) is 16.8 Å². The van der Waals surface area contributed by atoms with Crippen LogP contribution < -0.4 is 9.64 Å². The number of benzene rings is 3. The fourth-order valence-electron chi connectivity index (χ4n) is 7.47. The molecule has 1 spiro atoms. The normalized spacial score (nSPS) is 26.9. The molecule has 220 valence electrons. The third-order valence-corrected chi connectivity index (χ3v) is 11.9. The lowest BCUT2D eigenvalue weighted by molar-refractivity contribution is -0.150. The van der Waals surface area contributed by atoms with Gasteiger partial charge in [0.2, 0.25) is 5.91 Å². The van der Waals surface area contributed by atoms with E-state index in [1.54, 1.807) is 16.9 Å². The minimum Gasteiger partial charge on any atom is -0.497 e. The fourth-order valence-corrected chi connectivity index (χ4v) is 10.0. The van der Waals surface area contributed by atoms with Gasteiger partial charge in [-0.3, -0.25) is 14.5 Å². The topological polar surface area (TPSA) is 99.5 Å². The minimum absolute atomic E-state index is 0.00430. The first-order chi connectivity index (χ1) is 20.1. The summed E-state index contributed by atoms with van der Waals surface area (Å²) in [7, 11) is -1.38. The Morgan fingerprint density at radius 3 is 2.43 bits per heavy atom. The first-order valence-electron chi connectivity index (χ1n) is 14.6. The number of carbonyl (C=O) groups excluding carboxylic acids is 2. The average Bonchev–Trinajstić information content (AvgIpc) is 3.42. The van der Waals surface area contributed by atoms with E-state index >= 15 is 0 Å². The lowest BCUT2D eigenvalue weighted by Gasteiger charge is -2.37. The predicted molar refractivity (Wildman–Crippen MR) is 162 cm³/mol. The van der Waals surface area contributed by atoms with E-state index in [1.807, 2.05) is 92.8 Å². The lowest BCUT2D eigenvalue weighted by Crippen LogP contribution is -2.48. The molecule has 0 aromatic heterocycles. The Hall–Kier alpha value is -3.50. The van der Waals surface area contributed by atoms with Gasteiger partial charge in [-0.25, -0.2) is 0 Å². The van der Waals surface area contributed by atoms with Crippen LogP contribution in [0.5, 0.6) is 5.75 Å².